The summed E-state index contributed by atoms with van der Waals surface area (Å²) in [5.74, 6) is 0.708. The van der Waals surface area contributed by atoms with Crippen LogP contribution in [0, 0.1) is 11.3 Å². The van der Waals surface area contributed by atoms with Crippen molar-refractivity contribution in [2.75, 3.05) is 11.9 Å². The normalized spacial score (nSPS) is 9.85. The summed E-state index contributed by atoms with van der Waals surface area (Å²) in [6.45, 7) is 0.743. The van der Waals surface area contributed by atoms with E-state index in [0.717, 1.165) is 20.2 Å². The highest BCUT2D eigenvalue weighted by Crippen LogP contribution is 2.26. The molecule has 2 aromatic rings. The average Bonchev–Trinajstić information content (AvgIpc) is 2.46. The lowest BCUT2D eigenvalue weighted by Gasteiger charge is -2.10. The van der Waals surface area contributed by atoms with Gasteiger partial charge in [-0.05, 0) is 51.8 Å². The number of nitrogens with one attached hydrogen (secondary N) is 1. The predicted molar refractivity (Wildman–Crippen MR) is 86.7 cm³/mol. The third kappa shape index (κ3) is 4.26. The van der Waals surface area contributed by atoms with Gasteiger partial charge in [0.2, 0.25) is 0 Å². The lowest BCUT2D eigenvalue weighted by atomic mass is 10.2. The quantitative estimate of drug-likeness (QED) is 0.796. The molecule has 0 bridgehead atoms. The number of hydrogen-bond donors (Lipinski definition) is 1. The predicted octanol–water partition coefficient (Wildman–Crippen LogP) is 4.73. The Kier molecular flexibility index (Phi) is 5.45. The fourth-order valence-electron chi connectivity index (χ4n) is 1.69. The molecule has 0 unspecified atom stereocenters. The number of nitriles is 1. The van der Waals surface area contributed by atoms with Crippen molar-refractivity contribution in [1.29, 1.82) is 5.26 Å². The number of nitrogens with zero attached hydrogens (tertiary/aromatic N) is 1. The summed E-state index contributed by atoms with van der Waals surface area (Å²) in [7, 11) is 0. The average molecular weight is 396 g/mol. The van der Waals surface area contributed by atoms with Crippen LogP contribution >= 0.6 is 31.9 Å². The zero-order valence-corrected chi connectivity index (χ0v) is 13.7. The van der Waals surface area contributed by atoms with Crippen LogP contribution in [0.15, 0.2) is 51.4 Å². The Morgan fingerprint density at radius 2 is 2.00 bits per heavy atom. The molecule has 0 aliphatic heterocycles. The molecule has 0 heterocycles. The largest absolute Gasteiger partial charge is 0.479 e. The van der Waals surface area contributed by atoms with E-state index in [-0.39, 0.29) is 6.61 Å². The summed E-state index contributed by atoms with van der Waals surface area (Å²) in [4.78, 5) is 0. The van der Waals surface area contributed by atoms with Crippen molar-refractivity contribution in [2.24, 2.45) is 0 Å². The second kappa shape index (κ2) is 7.32. The number of rotatable bonds is 5. The van der Waals surface area contributed by atoms with Crippen molar-refractivity contribution in [3.8, 4) is 11.8 Å². The minimum Gasteiger partial charge on any atom is -0.479 e. The van der Waals surface area contributed by atoms with Gasteiger partial charge in [0.1, 0.15) is 11.8 Å². The van der Waals surface area contributed by atoms with Gasteiger partial charge in [-0.2, -0.15) is 5.26 Å². The number of halogens is 2. The maximum Gasteiger partial charge on any atom is 0.174 e. The van der Waals surface area contributed by atoms with Gasteiger partial charge in [0.25, 0.3) is 0 Å². The third-order valence-electron chi connectivity index (χ3n) is 2.61. The number of ether oxygens (including phenoxy) is 1. The molecule has 0 aliphatic rings. The molecule has 0 amide bonds. The van der Waals surface area contributed by atoms with Crippen molar-refractivity contribution in [3.05, 3.63) is 57.0 Å². The molecular weight excluding hydrogens is 384 g/mol. The maximum absolute atomic E-state index is 8.51. The number of hydrogen-bond acceptors (Lipinski definition) is 3. The molecule has 0 spiro atoms. The van der Waals surface area contributed by atoms with Crippen LogP contribution in [0.25, 0.3) is 0 Å². The van der Waals surface area contributed by atoms with Crippen LogP contribution in [0.1, 0.15) is 5.56 Å². The van der Waals surface area contributed by atoms with E-state index in [1.165, 1.54) is 0 Å². The highest BCUT2D eigenvalue weighted by molar-refractivity contribution is 9.11. The lowest BCUT2D eigenvalue weighted by Crippen LogP contribution is -2.01. The highest BCUT2D eigenvalue weighted by atomic mass is 79.9. The molecule has 20 heavy (non-hydrogen) atoms. The molecular formula is C15H12Br2N2O. The van der Waals surface area contributed by atoms with Crippen LogP contribution in [0.5, 0.6) is 5.75 Å². The van der Waals surface area contributed by atoms with E-state index in [1.54, 1.807) is 0 Å². The zero-order chi connectivity index (χ0) is 14.4. The van der Waals surface area contributed by atoms with E-state index in [4.69, 9.17) is 10.00 Å². The van der Waals surface area contributed by atoms with E-state index in [1.807, 2.05) is 48.5 Å². The molecule has 0 saturated heterocycles. The van der Waals surface area contributed by atoms with E-state index in [2.05, 4.69) is 37.2 Å². The van der Waals surface area contributed by atoms with Gasteiger partial charge in [0, 0.05) is 21.2 Å². The summed E-state index contributed by atoms with van der Waals surface area (Å²) < 4.78 is 7.32. The standard InChI is InChI=1S/C15H12Br2N2O/c16-12-4-5-14(17)15(9-12)19-10-11-2-1-3-13(8-11)20-7-6-18/h1-5,8-9,19H,7,10H2. The van der Waals surface area contributed by atoms with Crippen LogP contribution in [0.2, 0.25) is 0 Å². The van der Waals surface area contributed by atoms with Crippen molar-refractivity contribution < 1.29 is 4.74 Å². The van der Waals surface area contributed by atoms with Gasteiger partial charge in [0.15, 0.2) is 6.61 Å². The van der Waals surface area contributed by atoms with Gasteiger partial charge in [-0.15, -0.1) is 0 Å². The van der Waals surface area contributed by atoms with Crippen molar-refractivity contribution in [2.45, 2.75) is 6.54 Å². The Morgan fingerprint density at radius 1 is 1.15 bits per heavy atom. The van der Waals surface area contributed by atoms with E-state index >= 15 is 0 Å². The van der Waals surface area contributed by atoms with Crippen molar-refractivity contribution >= 4 is 37.5 Å². The molecule has 1 N–H and O–H groups in total. The fraction of sp³-hybridized carbons (Fsp3) is 0.133. The monoisotopic (exact) mass is 394 g/mol. The number of anilines is 1. The first-order valence-corrected chi connectivity index (χ1v) is 7.55. The van der Waals surface area contributed by atoms with Gasteiger partial charge in [-0.25, -0.2) is 0 Å². The Hall–Kier alpha value is -1.51. The minimum absolute atomic E-state index is 0.0636. The third-order valence-corrected chi connectivity index (χ3v) is 3.80. The molecule has 0 aromatic heterocycles. The number of benzene rings is 2. The first kappa shape index (κ1) is 14.9. The van der Waals surface area contributed by atoms with Crippen LogP contribution in [0.3, 0.4) is 0 Å². The van der Waals surface area contributed by atoms with Gasteiger partial charge in [0.05, 0.1) is 0 Å². The molecule has 0 fully saturated rings. The van der Waals surface area contributed by atoms with E-state index < -0.39 is 0 Å². The van der Waals surface area contributed by atoms with Crippen molar-refractivity contribution in [1.82, 2.24) is 0 Å². The molecule has 0 saturated carbocycles. The van der Waals surface area contributed by atoms with Crippen LogP contribution in [-0.2, 0) is 6.54 Å². The van der Waals surface area contributed by atoms with Gasteiger partial charge < -0.3 is 10.1 Å². The minimum atomic E-state index is 0.0636. The van der Waals surface area contributed by atoms with Crippen LogP contribution in [-0.4, -0.2) is 6.61 Å². The summed E-state index contributed by atoms with van der Waals surface area (Å²) in [6, 6.07) is 15.6. The van der Waals surface area contributed by atoms with E-state index in [0.29, 0.717) is 12.3 Å². The maximum atomic E-state index is 8.51. The topological polar surface area (TPSA) is 45.0 Å². The summed E-state index contributed by atoms with van der Waals surface area (Å²) in [5.41, 5.74) is 2.11. The smallest absolute Gasteiger partial charge is 0.174 e. The molecule has 2 aromatic carbocycles. The Labute approximate surface area is 134 Å². The second-order valence-corrected chi connectivity index (χ2v) is 5.84. The molecule has 0 radical (unpaired) electrons. The second-order valence-electron chi connectivity index (χ2n) is 4.07. The lowest BCUT2D eigenvalue weighted by molar-refractivity contribution is 0.368. The molecule has 2 rings (SSSR count). The molecule has 0 atom stereocenters. The van der Waals surface area contributed by atoms with Gasteiger partial charge >= 0.3 is 0 Å². The highest BCUT2D eigenvalue weighted by Gasteiger charge is 2.01. The summed E-state index contributed by atoms with van der Waals surface area (Å²) >= 11 is 6.96. The molecule has 5 heteroatoms. The van der Waals surface area contributed by atoms with Gasteiger partial charge in [-0.3, -0.25) is 0 Å². The Morgan fingerprint density at radius 3 is 2.80 bits per heavy atom. The zero-order valence-electron chi connectivity index (χ0n) is 10.6. The SMILES string of the molecule is N#CCOc1cccc(CNc2cc(Br)ccc2Br)c1. The molecule has 0 aliphatic carbocycles. The Balaban J connectivity index is 2.03. The summed E-state index contributed by atoms with van der Waals surface area (Å²) in [6.07, 6.45) is 0. The molecule has 3 nitrogen and oxygen atoms in total. The van der Waals surface area contributed by atoms with Crippen LogP contribution < -0.4 is 10.1 Å². The van der Waals surface area contributed by atoms with Crippen LogP contribution in [0.4, 0.5) is 5.69 Å². The summed E-state index contributed by atoms with van der Waals surface area (Å²) in [5, 5.41) is 11.9. The fourth-order valence-corrected chi connectivity index (χ4v) is 2.44. The van der Waals surface area contributed by atoms with E-state index in [9.17, 15) is 0 Å². The first-order chi connectivity index (χ1) is 9.69. The Bertz CT molecular complexity index is 638. The van der Waals surface area contributed by atoms with Crippen molar-refractivity contribution in [3.63, 3.8) is 0 Å². The van der Waals surface area contributed by atoms with Gasteiger partial charge in [-0.1, -0.05) is 28.1 Å². The molecule has 102 valence electrons. The first-order valence-electron chi connectivity index (χ1n) is 5.96.